The first-order valence-corrected chi connectivity index (χ1v) is 7.11. The number of hydrogen-bond donors (Lipinski definition) is 3. The van der Waals surface area contributed by atoms with Gasteiger partial charge in [0.15, 0.2) is 0 Å². The van der Waals surface area contributed by atoms with Crippen molar-refractivity contribution in [3.63, 3.8) is 0 Å². The lowest BCUT2D eigenvalue weighted by Gasteiger charge is -2.27. The minimum absolute atomic E-state index is 0.148. The molecule has 0 saturated carbocycles. The molecule has 0 aromatic carbocycles. The third-order valence-corrected chi connectivity index (χ3v) is 3.40. The van der Waals surface area contributed by atoms with Gasteiger partial charge in [0.05, 0.1) is 5.56 Å². The van der Waals surface area contributed by atoms with E-state index in [9.17, 15) is 4.79 Å². The van der Waals surface area contributed by atoms with Gasteiger partial charge in [-0.2, -0.15) is 0 Å². The van der Waals surface area contributed by atoms with Crippen LogP contribution in [0.15, 0.2) is 12.1 Å². The van der Waals surface area contributed by atoms with E-state index in [1.807, 2.05) is 0 Å². The molecule has 7 heteroatoms. The third kappa shape index (κ3) is 4.63. The first-order valence-electron chi connectivity index (χ1n) is 6.73. The second-order valence-electron chi connectivity index (χ2n) is 4.74. The monoisotopic (exact) mass is 298 g/mol. The molecule has 1 aliphatic heterocycles. The van der Waals surface area contributed by atoms with E-state index >= 15 is 0 Å². The lowest BCUT2D eigenvalue weighted by molar-refractivity contribution is 0.0697. The average Bonchev–Trinajstić information content (AvgIpc) is 2.44. The summed E-state index contributed by atoms with van der Waals surface area (Å²) in [6.07, 6.45) is 0.983. The zero-order chi connectivity index (χ0) is 14.4. The molecule has 0 spiro atoms. The van der Waals surface area contributed by atoms with Crippen molar-refractivity contribution in [2.75, 3.05) is 44.6 Å². The van der Waals surface area contributed by atoms with E-state index in [2.05, 4.69) is 20.5 Å². The van der Waals surface area contributed by atoms with Crippen LogP contribution in [0, 0.1) is 0 Å². The fourth-order valence-corrected chi connectivity index (χ4v) is 2.37. The Hall–Kier alpha value is -1.37. The van der Waals surface area contributed by atoms with Crippen molar-refractivity contribution < 1.29 is 9.90 Å². The van der Waals surface area contributed by atoms with E-state index in [-0.39, 0.29) is 10.7 Å². The summed E-state index contributed by atoms with van der Waals surface area (Å²) in [5.74, 6) is -0.492. The molecule has 110 valence electrons. The number of nitrogens with zero attached hydrogens (tertiary/aromatic N) is 2. The number of halogens is 1. The van der Waals surface area contributed by atoms with Gasteiger partial charge in [0.1, 0.15) is 11.0 Å². The van der Waals surface area contributed by atoms with Gasteiger partial charge in [-0.25, -0.2) is 9.78 Å². The molecule has 0 unspecified atom stereocenters. The molecule has 2 heterocycles. The summed E-state index contributed by atoms with van der Waals surface area (Å²) < 4.78 is 0. The van der Waals surface area contributed by atoms with E-state index in [0.717, 1.165) is 45.7 Å². The van der Waals surface area contributed by atoms with Crippen LogP contribution in [0.2, 0.25) is 5.15 Å². The molecule has 3 N–H and O–H groups in total. The van der Waals surface area contributed by atoms with Crippen molar-refractivity contribution in [3.8, 4) is 0 Å². The van der Waals surface area contributed by atoms with Gasteiger partial charge in [-0.3, -0.25) is 0 Å². The maximum Gasteiger partial charge on any atom is 0.335 e. The number of hydrogen-bond acceptors (Lipinski definition) is 5. The standard InChI is InChI=1S/C13H19ClN4O2/c14-11-8-10(13(19)20)9-12(17-11)16-2-1-5-18-6-3-15-4-7-18/h8-9,15H,1-7H2,(H,16,17)(H,19,20). The number of rotatable bonds is 6. The summed E-state index contributed by atoms with van der Waals surface area (Å²) in [6, 6.07) is 2.84. The predicted octanol–water partition coefficient (Wildman–Crippen LogP) is 1.14. The highest BCUT2D eigenvalue weighted by Crippen LogP contribution is 2.14. The number of nitrogens with one attached hydrogen (secondary N) is 2. The summed E-state index contributed by atoms with van der Waals surface area (Å²) >= 11 is 5.80. The zero-order valence-corrected chi connectivity index (χ0v) is 12.0. The van der Waals surface area contributed by atoms with Gasteiger partial charge in [0.25, 0.3) is 0 Å². The third-order valence-electron chi connectivity index (χ3n) is 3.21. The summed E-state index contributed by atoms with van der Waals surface area (Å²) in [5.41, 5.74) is 0.148. The van der Waals surface area contributed by atoms with Gasteiger partial charge >= 0.3 is 5.97 Å². The quantitative estimate of drug-likeness (QED) is 0.540. The minimum Gasteiger partial charge on any atom is -0.478 e. The van der Waals surface area contributed by atoms with Gasteiger partial charge in [0.2, 0.25) is 0 Å². The number of anilines is 1. The number of piperazine rings is 1. The van der Waals surface area contributed by atoms with Gasteiger partial charge < -0.3 is 20.6 Å². The number of aromatic carboxylic acids is 1. The lowest BCUT2D eigenvalue weighted by atomic mass is 10.2. The number of pyridine rings is 1. The maximum absolute atomic E-state index is 10.9. The topological polar surface area (TPSA) is 77.5 Å². The van der Waals surface area contributed by atoms with Gasteiger partial charge in [-0.15, -0.1) is 0 Å². The predicted molar refractivity (Wildman–Crippen MR) is 78.6 cm³/mol. The first-order chi connectivity index (χ1) is 9.65. The summed E-state index contributed by atoms with van der Waals surface area (Å²) in [7, 11) is 0. The van der Waals surface area contributed by atoms with Crippen LogP contribution in [0.5, 0.6) is 0 Å². The number of aromatic nitrogens is 1. The van der Waals surface area contributed by atoms with Crippen LogP contribution in [0.25, 0.3) is 0 Å². The lowest BCUT2D eigenvalue weighted by Crippen LogP contribution is -2.44. The molecule has 0 aliphatic carbocycles. The number of carboxylic acids is 1. The SMILES string of the molecule is O=C(O)c1cc(Cl)nc(NCCCN2CCNCC2)c1. The summed E-state index contributed by atoms with van der Waals surface area (Å²) in [6.45, 7) is 6.03. The van der Waals surface area contributed by atoms with Crippen molar-refractivity contribution in [2.24, 2.45) is 0 Å². The van der Waals surface area contributed by atoms with Crippen LogP contribution in [-0.2, 0) is 0 Å². The van der Waals surface area contributed by atoms with E-state index in [0.29, 0.717) is 5.82 Å². The molecule has 20 heavy (non-hydrogen) atoms. The molecular formula is C13H19ClN4O2. The van der Waals surface area contributed by atoms with Crippen molar-refractivity contribution in [2.45, 2.75) is 6.42 Å². The number of carboxylic acid groups (broad SMARTS) is 1. The van der Waals surface area contributed by atoms with Crippen molar-refractivity contribution >= 4 is 23.4 Å². The first kappa shape index (κ1) is 15.0. The molecule has 2 rings (SSSR count). The van der Waals surface area contributed by atoms with Crippen LogP contribution in [-0.4, -0.2) is 60.2 Å². The summed E-state index contributed by atoms with van der Waals surface area (Å²) in [5, 5.41) is 15.6. The van der Waals surface area contributed by atoms with Crippen LogP contribution in [0.4, 0.5) is 5.82 Å². The Morgan fingerprint density at radius 1 is 1.45 bits per heavy atom. The van der Waals surface area contributed by atoms with Gasteiger partial charge in [-0.1, -0.05) is 11.6 Å². The second kappa shape index (κ2) is 7.42. The highest BCUT2D eigenvalue weighted by atomic mass is 35.5. The van der Waals surface area contributed by atoms with E-state index in [4.69, 9.17) is 16.7 Å². The Kier molecular flexibility index (Phi) is 5.58. The Balaban J connectivity index is 1.77. The Morgan fingerprint density at radius 2 is 2.20 bits per heavy atom. The average molecular weight is 299 g/mol. The smallest absolute Gasteiger partial charge is 0.335 e. The molecule has 0 atom stereocenters. The molecule has 1 fully saturated rings. The zero-order valence-electron chi connectivity index (χ0n) is 11.2. The minimum atomic E-state index is -1.00. The second-order valence-corrected chi connectivity index (χ2v) is 5.13. The van der Waals surface area contributed by atoms with E-state index < -0.39 is 5.97 Å². The van der Waals surface area contributed by atoms with Crippen molar-refractivity contribution in [3.05, 3.63) is 22.8 Å². The highest BCUT2D eigenvalue weighted by Gasteiger charge is 2.09. The maximum atomic E-state index is 10.9. The normalized spacial score (nSPS) is 16.1. The largest absolute Gasteiger partial charge is 0.478 e. The molecule has 1 aromatic rings. The number of carbonyl (C=O) groups is 1. The Bertz CT molecular complexity index is 464. The molecule has 1 aromatic heterocycles. The Morgan fingerprint density at radius 3 is 2.90 bits per heavy atom. The molecule has 6 nitrogen and oxygen atoms in total. The fourth-order valence-electron chi connectivity index (χ4n) is 2.16. The van der Waals surface area contributed by atoms with Crippen molar-refractivity contribution in [1.29, 1.82) is 0 Å². The molecular weight excluding hydrogens is 280 g/mol. The molecule has 0 amide bonds. The highest BCUT2D eigenvalue weighted by molar-refractivity contribution is 6.29. The molecule has 0 radical (unpaired) electrons. The van der Waals surface area contributed by atoms with Crippen molar-refractivity contribution in [1.82, 2.24) is 15.2 Å². The van der Waals surface area contributed by atoms with E-state index in [1.54, 1.807) is 0 Å². The summed E-state index contributed by atoms with van der Waals surface area (Å²) in [4.78, 5) is 17.4. The molecule has 1 saturated heterocycles. The molecule has 1 aliphatic rings. The fraction of sp³-hybridized carbons (Fsp3) is 0.538. The van der Waals surface area contributed by atoms with Gasteiger partial charge in [0, 0.05) is 32.7 Å². The van der Waals surface area contributed by atoms with Gasteiger partial charge in [-0.05, 0) is 25.1 Å². The molecule has 0 bridgehead atoms. The van der Waals surface area contributed by atoms with Crippen LogP contribution < -0.4 is 10.6 Å². The Labute approximate surface area is 123 Å². The van der Waals surface area contributed by atoms with Crippen LogP contribution in [0.1, 0.15) is 16.8 Å². The van der Waals surface area contributed by atoms with Crippen LogP contribution >= 0.6 is 11.6 Å². The van der Waals surface area contributed by atoms with E-state index in [1.165, 1.54) is 12.1 Å². The van der Waals surface area contributed by atoms with Crippen LogP contribution in [0.3, 0.4) is 0 Å².